The number of nitrogens with two attached hydrogens (primary N) is 1. The fourth-order valence-electron chi connectivity index (χ4n) is 2.70. The molecule has 108 valence electrons. The Bertz CT molecular complexity index is 375. The summed E-state index contributed by atoms with van der Waals surface area (Å²) in [6, 6.07) is 0. The normalized spacial score (nSPS) is 20.4. The largest absolute Gasteiger partial charge is 0.370 e. The zero-order valence-corrected chi connectivity index (χ0v) is 12.0. The Hall–Kier alpha value is -0.940. The van der Waals surface area contributed by atoms with Gasteiger partial charge < -0.3 is 15.0 Å². The number of nitrogens with zero attached hydrogens (tertiary/aromatic N) is 2. The first-order chi connectivity index (χ1) is 9.26. The van der Waals surface area contributed by atoms with Crippen LogP contribution >= 0.6 is 0 Å². The highest BCUT2D eigenvalue weighted by Crippen LogP contribution is 2.36. The lowest BCUT2D eigenvalue weighted by Crippen LogP contribution is -2.20. The van der Waals surface area contributed by atoms with Crippen molar-refractivity contribution in [3.63, 3.8) is 0 Å². The van der Waals surface area contributed by atoms with E-state index in [1.165, 1.54) is 32.1 Å². The average Bonchev–Trinajstić information content (AvgIpc) is 2.94. The Morgan fingerprint density at radius 3 is 2.74 bits per heavy atom. The van der Waals surface area contributed by atoms with Gasteiger partial charge in [0.2, 0.25) is 11.7 Å². The zero-order valence-electron chi connectivity index (χ0n) is 12.0. The summed E-state index contributed by atoms with van der Waals surface area (Å²) in [4.78, 5) is 4.49. The third-order valence-corrected chi connectivity index (χ3v) is 3.91. The first-order valence-electron chi connectivity index (χ1n) is 7.41. The number of hydrogen-bond donors (Lipinski definition) is 1. The first-order valence-corrected chi connectivity index (χ1v) is 7.41. The second kappa shape index (κ2) is 7.01. The summed E-state index contributed by atoms with van der Waals surface area (Å²) in [5, 5.41) is 4.11. The molecule has 2 N–H and O–H groups in total. The minimum absolute atomic E-state index is 0.0206. The van der Waals surface area contributed by atoms with Crippen LogP contribution in [0, 0.1) is 5.92 Å². The molecule has 1 aromatic heterocycles. The maximum absolute atomic E-state index is 5.88. The third kappa shape index (κ3) is 3.54. The van der Waals surface area contributed by atoms with E-state index in [4.69, 9.17) is 15.0 Å². The molecule has 0 amide bonds. The summed E-state index contributed by atoms with van der Waals surface area (Å²) >= 11 is 0. The Balaban J connectivity index is 2.11. The van der Waals surface area contributed by atoms with Crippen LogP contribution in [0.1, 0.15) is 69.7 Å². The Morgan fingerprint density at radius 2 is 2.11 bits per heavy atom. The van der Waals surface area contributed by atoms with Gasteiger partial charge in [0.25, 0.3) is 0 Å². The molecule has 0 saturated heterocycles. The molecule has 19 heavy (non-hydrogen) atoms. The molecular weight excluding hydrogens is 242 g/mol. The molecule has 5 heteroatoms. The minimum Gasteiger partial charge on any atom is -0.370 e. The van der Waals surface area contributed by atoms with Crippen molar-refractivity contribution in [2.75, 3.05) is 13.2 Å². The van der Waals surface area contributed by atoms with Crippen LogP contribution in [0.2, 0.25) is 0 Å². The van der Waals surface area contributed by atoms with E-state index in [1.807, 2.05) is 13.8 Å². The van der Waals surface area contributed by atoms with Gasteiger partial charge in [-0.15, -0.1) is 0 Å². The van der Waals surface area contributed by atoms with E-state index in [1.54, 1.807) is 0 Å². The van der Waals surface area contributed by atoms with Crippen molar-refractivity contribution in [1.82, 2.24) is 10.1 Å². The van der Waals surface area contributed by atoms with Gasteiger partial charge in [-0.3, -0.25) is 0 Å². The molecule has 1 saturated carbocycles. The van der Waals surface area contributed by atoms with Crippen molar-refractivity contribution in [2.24, 2.45) is 11.7 Å². The summed E-state index contributed by atoms with van der Waals surface area (Å²) in [5.74, 6) is 1.95. The van der Waals surface area contributed by atoms with Crippen LogP contribution in [0.25, 0.3) is 0 Å². The highest BCUT2D eigenvalue weighted by molar-refractivity contribution is 4.98. The van der Waals surface area contributed by atoms with Crippen LogP contribution in [0.5, 0.6) is 0 Å². The highest BCUT2D eigenvalue weighted by atomic mass is 16.5. The summed E-state index contributed by atoms with van der Waals surface area (Å²) in [6.45, 7) is 5.20. The fourth-order valence-corrected chi connectivity index (χ4v) is 2.70. The molecule has 2 unspecified atom stereocenters. The SMILES string of the molecule is CCOC(c1noc(C(C)CN)n1)C1CCCCC1. The molecule has 2 atom stereocenters. The predicted molar refractivity (Wildman–Crippen MR) is 72.7 cm³/mol. The van der Waals surface area contributed by atoms with Gasteiger partial charge >= 0.3 is 0 Å². The van der Waals surface area contributed by atoms with Crippen molar-refractivity contribution >= 4 is 0 Å². The fraction of sp³-hybridized carbons (Fsp3) is 0.857. The van der Waals surface area contributed by atoms with E-state index in [0.29, 0.717) is 30.8 Å². The molecule has 0 radical (unpaired) electrons. The molecule has 1 heterocycles. The average molecular weight is 267 g/mol. The van der Waals surface area contributed by atoms with Crippen LogP contribution in [-0.4, -0.2) is 23.3 Å². The molecule has 1 aliphatic carbocycles. The molecule has 1 aliphatic rings. The lowest BCUT2D eigenvalue weighted by Gasteiger charge is -2.27. The summed E-state index contributed by atoms with van der Waals surface area (Å²) in [6.07, 6.45) is 6.25. The molecule has 0 bridgehead atoms. The van der Waals surface area contributed by atoms with Gasteiger partial charge in [-0.05, 0) is 25.7 Å². The van der Waals surface area contributed by atoms with E-state index >= 15 is 0 Å². The van der Waals surface area contributed by atoms with Crippen LogP contribution in [0.4, 0.5) is 0 Å². The standard InChI is InChI=1S/C14H25N3O2/c1-3-18-12(11-7-5-4-6-8-11)13-16-14(19-17-13)10(2)9-15/h10-12H,3-9,15H2,1-2H3. The third-order valence-electron chi connectivity index (χ3n) is 3.91. The van der Waals surface area contributed by atoms with Gasteiger partial charge in [0.05, 0.1) is 0 Å². The zero-order chi connectivity index (χ0) is 13.7. The van der Waals surface area contributed by atoms with Crippen molar-refractivity contribution < 1.29 is 9.26 Å². The second-order valence-electron chi connectivity index (χ2n) is 5.40. The molecule has 5 nitrogen and oxygen atoms in total. The topological polar surface area (TPSA) is 74.2 Å². The molecule has 1 aromatic rings. The van der Waals surface area contributed by atoms with E-state index in [0.717, 1.165) is 0 Å². The maximum Gasteiger partial charge on any atom is 0.230 e. The smallest absolute Gasteiger partial charge is 0.230 e. The van der Waals surface area contributed by atoms with E-state index in [9.17, 15) is 0 Å². The highest BCUT2D eigenvalue weighted by Gasteiger charge is 2.30. The number of rotatable bonds is 6. The number of hydrogen-bond acceptors (Lipinski definition) is 5. The molecule has 0 spiro atoms. The van der Waals surface area contributed by atoms with Crippen LogP contribution in [0.3, 0.4) is 0 Å². The predicted octanol–water partition coefficient (Wildman–Crippen LogP) is 2.79. The molecule has 0 aliphatic heterocycles. The van der Waals surface area contributed by atoms with Gasteiger partial charge in [0, 0.05) is 19.1 Å². The van der Waals surface area contributed by atoms with Gasteiger partial charge in [0.1, 0.15) is 6.10 Å². The molecule has 1 fully saturated rings. The van der Waals surface area contributed by atoms with Crippen LogP contribution < -0.4 is 5.73 Å². The van der Waals surface area contributed by atoms with Crippen molar-refractivity contribution in [3.8, 4) is 0 Å². The lowest BCUT2D eigenvalue weighted by atomic mass is 9.85. The molecule has 2 rings (SSSR count). The Kier molecular flexibility index (Phi) is 5.34. The Labute approximate surface area is 114 Å². The summed E-state index contributed by atoms with van der Waals surface area (Å²) in [5.41, 5.74) is 5.63. The quantitative estimate of drug-likeness (QED) is 0.857. The Morgan fingerprint density at radius 1 is 1.37 bits per heavy atom. The summed E-state index contributed by atoms with van der Waals surface area (Å²) in [7, 11) is 0. The monoisotopic (exact) mass is 267 g/mol. The van der Waals surface area contributed by atoms with Crippen LogP contribution in [0.15, 0.2) is 4.52 Å². The molecule has 0 aromatic carbocycles. The maximum atomic E-state index is 5.88. The van der Waals surface area contributed by atoms with Gasteiger partial charge in [-0.2, -0.15) is 4.98 Å². The number of ether oxygens (including phenoxy) is 1. The first kappa shape index (κ1) is 14.5. The van der Waals surface area contributed by atoms with Gasteiger partial charge in [-0.1, -0.05) is 31.3 Å². The van der Waals surface area contributed by atoms with Crippen LogP contribution in [-0.2, 0) is 4.74 Å². The van der Waals surface area contributed by atoms with Crippen molar-refractivity contribution in [1.29, 1.82) is 0 Å². The molecular formula is C14H25N3O2. The van der Waals surface area contributed by atoms with Gasteiger partial charge in [0.15, 0.2) is 0 Å². The van der Waals surface area contributed by atoms with Crippen molar-refractivity contribution in [2.45, 2.75) is 58.0 Å². The minimum atomic E-state index is -0.0206. The number of aromatic nitrogens is 2. The summed E-state index contributed by atoms with van der Waals surface area (Å²) < 4.78 is 11.2. The second-order valence-corrected chi connectivity index (χ2v) is 5.40. The van der Waals surface area contributed by atoms with E-state index in [2.05, 4.69) is 10.1 Å². The van der Waals surface area contributed by atoms with E-state index < -0.39 is 0 Å². The van der Waals surface area contributed by atoms with Crippen molar-refractivity contribution in [3.05, 3.63) is 11.7 Å². The van der Waals surface area contributed by atoms with E-state index in [-0.39, 0.29) is 12.0 Å². The van der Waals surface area contributed by atoms with Gasteiger partial charge in [-0.25, -0.2) is 0 Å². The lowest BCUT2D eigenvalue weighted by molar-refractivity contribution is -0.00145.